The first-order valence-electron chi connectivity index (χ1n) is 4.36. The van der Waals surface area contributed by atoms with Gasteiger partial charge in [0.15, 0.2) is 0 Å². The van der Waals surface area contributed by atoms with Crippen LogP contribution in [0, 0.1) is 5.92 Å². The summed E-state index contributed by atoms with van der Waals surface area (Å²) in [6.45, 7) is 4.85. The largest absolute Gasteiger partial charge is 0.252 e. The first kappa shape index (κ1) is 6.62. The summed E-state index contributed by atoms with van der Waals surface area (Å²) in [6.07, 6.45) is 4.16. The Labute approximate surface area is 62.6 Å². The van der Waals surface area contributed by atoms with Crippen LogP contribution in [-0.2, 0) is 0 Å². The Hall–Kier alpha value is -0.0800. The second-order valence-corrected chi connectivity index (χ2v) is 3.74. The molecule has 2 aliphatic rings. The van der Waals surface area contributed by atoms with E-state index in [1.165, 1.54) is 32.4 Å². The number of hydrogen-bond acceptors (Lipinski definition) is 2. The summed E-state index contributed by atoms with van der Waals surface area (Å²) in [5, 5.41) is 2.39. The quantitative estimate of drug-likeness (QED) is 0.615. The highest BCUT2D eigenvalue weighted by atomic mass is 15.5. The zero-order valence-corrected chi connectivity index (χ0v) is 6.64. The van der Waals surface area contributed by atoms with Gasteiger partial charge >= 0.3 is 0 Å². The van der Waals surface area contributed by atoms with Crippen LogP contribution in [0.5, 0.6) is 0 Å². The van der Waals surface area contributed by atoms with Crippen LogP contribution in [-0.4, -0.2) is 24.1 Å². The third-order valence-electron chi connectivity index (χ3n) is 2.37. The summed E-state index contributed by atoms with van der Waals surface area (Å²) < 4.78 is 0. The Balaban J connectivity index is 1.72. The third-order valence-corrected chi connectivity index (χ3v) is 2.37. The molecule has 1 aliphatic heterocycles. The van der Waals surface area contributed by atoms with Gasteiger partial charge in [0.25, 0.3) is 0 Å². The highest BCUT2D eigenvalue weighted by Gasteiger charge is 2.26. The first-order chi connectivity index (χ1) is 4.84. The lowest BCUT2D eigenvalue weighted by molar-refractivity contribution is 0.224. The Morgan fingerprint density at radius 1 is 1.30 bits per heavy atom. The van der Waals surface area contributed by atoms with E-state index in [2.05, 4.69) is 17.4 Å². The van der Waals surface area contributed by atoms with Gasteiger partial charge in [0, 0.05) is 19.1 Å². The van der Waals surface area contributed by atoms with Gasteiger partial charge in [-0.25, -0.2) is 5.01 Å². The van der Waals surface area contributed by atoms with Crippen molar-refractivity contribution in [2.75, 3.05) is 13.1 Å². The average molecular weight is 140 g/mol. The van der Waals surface area contributed by atoms with E-state index in [1.54, 1.807) is 0 Å². The Bertz CT molecular complexity index is 120. The van der Waals surface area contributed by atoms with Gasteiger partial charge in [0.2, 0.25) is 0 Å². The number of nitrogens with zero attached hydrogens (tertiary/aromatic N) is 1. The maximum atomic E-state index is 3.52. The summed E-state index contributed by atoms with van der Waals surface area (Å²) in [5.74, 6) is 0.909. The molecule has 2 heteroatoms. The van der Waals surface area contributed by atoms with Crippen molar-refractivity contribution in [1.82, 2.24) is 10.4 Å². The fraction of sp³-hybridized carbons (Fsp3) is 1.00. The van der Waals surface area contributed by atoms with Gasteiger partial charge in [-0.1, -0.05) is 6.92 Å². The van der Waals surface area contributed by atoms with Gasteiger partial charge in [-0.15, -0.1) is 0 Å². The molecule has 1 saturated heterocycles. The third kappa shape index (κ3) is 1.50. The van der Waals surface area contributed by atoms with E-state index < -0.39 is 0 Å². The maximum Gasteiger partial charge on any atom is 0.0216 e. The number of nitrogens with one attached hydrogen (secondary N) is 1. The monoisotopic (exact) mass is 140 g/mol. The van der Waals surface area contributed by atoms with Crippen molar-refractivity contribution in [3.8, 4) is 0 Å². The second kappa shape index (κ2) is 2.51. The molecule has 2 fully saturated rings. The molecule has 0 spiro atoms. The molecule has 58 valence electrons. The minimum absolute atomic E-state index is 0.838. The van der Waals surface area contributed by atoms with Gasteiger partial charge in [0.05, 0.1) is 0 Å². The van der Waals surface area contributed by atoms with Gasteiger partial charge in [0.1, 0.15) is 0 Å². The van der Waals surface area contributed by atoms with Crippen LogP contribution >= 0.6 is 0 Å². The molecule has 0 aromatic carbocycles. The topological polar surface area (TPSA) is 15.3 Å². The fourth-order valence-corrected chi connectivity index (χ4v) is 1.52. The van der Waals surface area contributed by atoms with Gasteiger partial charge in [-0.3, -0.25) is 5.43 Å². The molecule has 0 unspecified atom stereocenters. The van der Waals surface area contributed by atoms with Crippen LogP contribution < -0.4 is 5.43 Å². The Morgan fingerprint density at radius 2 is 2.10 bits per heavy atom. The van der Waals surface area contributed by atoms with Gasteiger partial charge in [-0.05, 0) is 25.2 Å². The van der Waals surface area contributed by atoms with E-state index in [9.17, 15) is 0 Å². The summed E-state index contributed by atoms with van der Waals surface area (Å²) >= 11 is 0. The van der Waals surface area contributed by atoms with Crippen LogP contribution in [0.4, 0.5) is 0 Å². The lowest BCUT2D eigenvalue weighted by atomic mass is 10.2. The number of hydrazine groups is 1. The van der Waals surface area contributed by atoms with E-state index in [4.69, 9.17) is 0 Å². The molecule has 0 amide bonds. The predicted molar refractivity (Wildman–Crippen MR) is 41.5 cm³/mol. The molecular formula is C8H16N2. The van der Waals surface area contributed by atoms with Gasteiger partial charge < -0.3 is 0 Å². The molecule has 0 aromatic rings. The van der Waals surface area contributed by atoms with Crippen LogP contribution in [0.3, 0.4) is 0 Å². The second-order valence-electron chi connectivity index (χ2n) is 3.74. The molecule has 0 bridgehead atoms. The van der Waals surface area contributed by atoms with Crippen molar-refractivity contribution in [3.05, 3.63) is 0 Å². The normalized spacial score (nSPS) is 35.1. The Kier molecular flexibility index (Phi) is 1.66. The summed E-state index contributed by atoms with van der Waals surface area (Å²) in [6, 6.07) is 0.838. The molecule has 2 nitrogen and oxygen atoms in total. The van der Waals surface area contributed by atoms with Gasteiger partial charge in [-0.2, -0.15) is 0 Å². The first-order valence-corrected chi connectivity index (χ1v) is 4.36. The number of rotatable bonds is 2. The molecule has 1 N–H and O–H groups in total. The molecule has 0 aromatic heterocycles. The van der Waals surface area contributed by atoms with Crippen molar-refractivity contribution in [1.29, 1.82) is 0 Å². The van der Waals surface area contributed by atoms with E-state index in [0.717, 1.165) is 12.0 Å². The molecular weight excluding hydrogens is 124 g/mol. The van der Waals surface area contributed by atoms with Crippen LogP contribution in [0.15, 0.2) is 0 Å². The lowest BCUT2D eigenvalue weighted by Gasteiger charge is -2.15. The molecule has 1 atom stereocenters. The maximum absolute atomic E-state index is 3.52. The highest BCUT2D eigenvalue weighted by molar-refractivity contribution is 4.81. The van der Waals surface area contributed by atoms with E-state index in [-0.39, 0.29) is 0 Å². The summed E-state index contributed by atoms with van der Waals surface area (Å²) in [4.78, 5) is 0. The van der Waals surface area contributed by atoms with E-state index in [1.807, 2.05) is 0 Å². The average Bonchev–Trinajstić information content (AvgIpc) is 2.59. The minimum Gasteiger partial charge on any atom is -0.252 e. The van der Waals surface area contributed by atoms with E-state index >= 15 is 0 Å². The Morgan fingerprint density at radius 3 is 2.60 bits per heavy atom. The highest BCUT2D eigenvalue weighted by Crippen LogP contribution is 2.21. The molecule has 0 radical (unpaired) electrons. The molecule has 1 heterocycles. The SMILES string of the molecule is C[C@H]1CCN(NC2CC2)C1. The molecule has 2 rings (SSSR count). The molecule has 10 heavy (non-hydrogen) atoms. The zero-order valence-electron chi connectivity index (χ0n) is 6.64. The van der Waals surface area contributed by atoms with Crippen molar-refractivity contribution in [2.24, 2.45) is 5.92 Å². The molecule has 1 aliphatic carbocycles. The van der Waals surface area contributed by atoms with Crippen molar-refractivity contribution in [3.63, 3.8) is 0 Å². The number of hydrogen-bond donors (Lipinski definition) is 1. The zero-order chi connectivity index (χ0) is 6.97. The van der Waals surface area contributed by atoms with Crippen molar-refractivity contribution < 1.29 is 0 Å². The standard InChI is InChI=1S/C8H16N2/c1-7-4-5-10(6-7)9-8-2-3-8/h7-9H,2-6H2,1H3/t7-/m0/s1. The van der Waals surface area contributed by atoms with E-state index in [0.29, 0.717) is 0 Å². The summed E-state index contributed by atoms with van der Waals surface area (Å²) in [5.41, 5.74) is 3.52. The predicted octanol–water partition coefficient (Wildman–Crippen LogP) is 0.995. The van der Waals surface area contributed by atoms with Crippen molar-refractivity contribution >= 4 is 0 Å². The lowest BCUT2D eigenvalue weighted by Crippen LogP contribution is -2.37. The summed E-state index contributed by atoms with van der Waals surface area (Å²) in [7, 11) is 0. The van der Waals surface area contributed by atoms with Crippen LogP contribution in [0.2, 0.25) is 0 Å². The van der Waals surface area contributed by atoms with Crippen LogP contribution in [0.25, 0.3) is 0 Å². The molecule has 1 saturated carbocycles. The minimum atomic E-state index is 0.838. The van der Waals surface area contributed by atoms with Crippen LogP contribution in [0.1, 0.15) is 26.2 Å². The smallest absolute Gasteiger partial charge is 0.0216 e. The fourth-order valence-electron chi connectivity index (χ4n) is 1.52. The van der Waals surface area contributed by atoms with Crippen molar-refractivity contribution in [2.45, 2.75) is 32.2 Å².